The van der Waals surface area contributed by atoms with E-state index in [4.69, 9.17) is 5.73 Å². The molecule has 0 spiro atoms. The van der Waals surface area contributed by atoms with Crippen molar-refractivity contribution >= 4 is 0 Å². The van der Waals surface area contributed by atoms with Crippen LogP contribution >= 0.6 is 0 Å². The van der Waals surface area contributed by atoms with Gasteiger partial charge in [0.1, 0.15) is 0 Å². The third kappa shape index (κ3) is 4.77. The normalized spacial score (nSPS) is 13.1. The van der Waals surface area contributed by atoms with Gasteiger partial charge in [-0.25, -0.2) is 0 Å². The van der Waals surface area contributed by atoms with E-state index in [1.807, 2.05) is 6.92 Å². The number of rotatable bonds is 6. The second kappa shape index (κ2) is 6.66. The molecule has 0 amide bonds. The minimum absolute atomic E-state index is 0.239. The van der Waals surface area contributed by atoms with Crippen LogP contribution < -0.4 is 11.1 Å². The maximum atomic E-state index is 5.66. The van der Waals surface area contributed by atoms with Crippen molar-refractivity contribution in [2.75, 3.05) is 13.1 Å². The molecule has 0 radical (unpaired) electrons. The van der Waals surface area contributed by atoms with Gasteiger partial charge in [-0.1, -0.05) is 38.1 Å². The van der Waals surface area contributed by atoms with Crippen molar-refractivity contribution in [3.63, 3.8) is 0 Å². The highest BCUT2D eigenvalue weighted by molar-refractivity contribution is 5.24. The number of benzene rings is 1. The molecule has 90 valence electrons. The van der Waals surface area contributed by atoms with Gasteiger partial charge in [-0.3, -0.25) is 0 Å². The first kappa shape index (κ1) is 13.2. The van der Waals surface area contributed by atoms with E-state index in [2.05, 4.69) is 43.4 Å². The molecule has 0 saturated carbocycles. The summed E-state index contributed by atoms with van der Waals surface area (Å²) in [6, 6.07) is 9.14. The van der Waals surface area contributed by atoms with Gasteiger partial charge in [-0.2, -0.15) is 0 Å². The average molecular weight is 220 g/mol. The lowest BCUT2D eigenvalue weighted by Crippen LogP contribution is -2.32. The van der Waals surface area contributed by atoms with Gasteiger partial charge in [-0.05, 0) is 36.9 Å². The van der Waals surface area contributed by atoms with Gasteiger partial charge in [-0.15, -0.1) is 0 Å². The third-order valence-electron chi connectivity index (χ3n) is 2.70. The lowest BCUT2D eigenvalue weighted by atomic mass is 10.0. The van der Waals surface area contributed by atoms with Gasteiger partial charge in [0.05, 0.1) is 0 Å². The summed E-state index contributed by atoms with van der Waals surface area (Å²) in [6.07, 6.45) is 1.07. The van der Waals surface area contributed by atoms with Crippen molar-refractivity contribution in [2.24, 2.45) is 5.73 Å². The summed E-state index contributed by atoms with van der Waals surface area (Å²) in [5, 5.41) is 3.35. The summed E-state index contributed by atoms with van der Waals surface area (Å²) in [5.41, 5.74) is 8.46. The van der Waals surface area contributed by atoms with E-state index in [0.717, 1.165) is 19.5 Å². The zero-order chi connectivity index (χ0) is 12.0. The Morgan fingerprint density at radius 2 is 1.75 bits per heavy atom. The number of hydrogen-bond acceptors (Lipinski definition) is 2. The Hall–Kier alpha value is -0.860. The molecule has 0 aromatic heterocycles. The van der Waals surface area contributed by atoms with Crippen molar-refractivity contribution in [1.82, 2.24) is 5.32 Å². The van der Waals surface area contributed by atoms with Crippen LogP contribution in [-0.4, -0.2) is 19.1 Å². The fourth-order valence-corrected chi connectivity index (χ4v) is 1.63. The molecule has 2 heteroatoms. The summed E-state index contributed by atoms with van der Waals surface area (Å²) in [7, 11) is 0. The van der Waals surface area contributed by atoms with Crippen LogP contribution in [0.5, 0.6) is 0 Å². The second-order valence-electron chi connectivity index (χ2n) is 4.83. The van der Waals surface area contributed by atoms with E-state index >= 15 is 0 Å². The van der Waals surface area contributed by atoms with Crippen LogP contribution in [0.25, 0.3) is 0 Å². The first-order valence-corrected chi connectivity index (χ1v) is 6.14. The lowest BCUT2D eigenvalue weighted by Gasteiger charge is -2.09. The molecule has 0 bridgehead atoms. The fourth-order valence-electron chi connectivity index (χ4n) is 1.63. The quantitative estimate of drug-likeness (QED) is 0.722. The summed E-state index contributed by atoms with van der Waals surface area (Å²) in [5.74, 6) is 0.616. The highest BCUT2D eigenvalue weighted by Gasteiger charge is 1.99. The molecule has 0 heterocycles. The van der Waals surface area contributed by atoms with Gasteiger partial charge in [0.25, 0.3) is 0 Å². The maximum Gasteiger partial charge on any atom is 0.0136 e. The Balaban J connectivity index is 2.32. The molecule has 3 N–H and O–H groups in total. The van der Waals surface area contributed by atoms with E-state index in [1.54, 1.807) is 0 Å². The summed E-state index contributed by atoms with van der Waals surface area (Å²) in [6.45, 7) is 8.36. The molecular weight excluding hydrogens is 196 g/mol. The lowest BCUT2D eigenvalue weighted by molar-refractivity contribution is 0.608. The average Bonchev–Trinajstić information content (AvgIpc) is 2.25. The Bertz CT molecular complexity index is 288. The molecule has 2 nitrogen and oxygen atoms in total. The molecule has 1 aromatic carbocycles. The van der Waals surface area contributed by atoms with E-state index in [-0.39, 0.29) is 6.04 Å². The maximum absolute atomic E-state index is 5.66. The molecule has 0 aliphatic heterocycles. The second-order valence-corrected chi connectivity index (χ2v) is 4.83. The Morgan fingerprint density at radius 3 is 2.25 bits per heavy atom. The van der Waals surface area contributed by atoms with Crippen molar-refractivity contribution in [1.29, 1.82) is 0 Å². The van der Waals surface area contributed by atoms with Gasteiger partial charge < -0.3 is 11.1 Å². The summed E-state index contributed by atoms with van der Waals surface area (Å²) >= 11 is 0. The van der Waals surface area contributed by atoms with Gasteiger partial charge in [0.2, 0.25) is 0 Å². The minimum atomic E-state index is 0.239. The van der Waals surface area contributed by atoms with Crippen molar-refractivity contribution < 1.29 is 0 Å². The highest BCUT2D eigenvalue weighted by Crippen LogP contribution is 2.14. The number of nitrogens with one attached hydrogen (secondary N) is 1. The van der Waals surface area contributed by atoms with E-state index in [0.29, 0.717) is 5.92 Å². The zero-order valence-corrected chi connectivity index (χ0v) is 10.7. The van der Waals surface area contributed by atoms with Gasteiger partial charge >= 0.3 is 0 Å². The van der Waals surface area contributed by atoms with Crippen molar-refractivity contribution in [3.05, 3.63) is 35.4 Å². The van der Waals surface area contributed by atoms with Crippen LogP contribution in [-0.2, 0) is 6.42 Å². The standard InChI is InChI=1S/C14H24N2/c1-11(2)14-6-4-13(5-7-14)8-9-16-10-12(3)15/h4-7,11-12,16H,8-10,15H2,1-3H3. The highest BCUT2D eigenvalue weighted by atomic mass is 14.9. The van der Waals surface area contributed by atoms with Crippen molar-refractivity contribution in [2.45, 2.75) is 39.2 Å². The molecule has 1 rings (SSSR count). The molecule has 0 saturated heterocycles. The van der Waals surface area contributed by atoms with Gasteiger partial charge in [0.15, 0.2) is 0 Å². The molecule has 0 aliphatic carbocycles. The predicted molar refractivity (Wildman–Crippen MR) is 70.8 cm³/mol. The van der Waals surface area contributed by atoms with Crippen LogP contribution in [0.4, 0.5) is 0 Å². The molecule has 1 aromatic rings. The van der Waals surface area contributed by atoms with E-state index < -0.39 is 0 Å². The van der Waals surface area contributed by atoms with Crippen molar-refractivity contribution in [3.8, 4) is 0 Å². The molecule has 0 fully saturated rings. The number of nitrogens with two attached hydrogens (primary N) is 1. The first-order chi connectivity index (χ1) is 7.59. The first-order valence-electron chi connectivity index (χ1n) is 6.14. The fraction of sp³-hybridized carbons (Fsp3) is 0.571. The Labute approximate surface area is 99.2 Å². The Morgan fingerprint density at radius 1 is 1.12 bits per heavy atom. The Kier molecular flexibility index (Phi) is 5.50. The van der Waals surface area contributed by atoms with E-state index in [9.17, 15) is 0 Å². The smallest absolute Gasteiger partial charge is 0.0136 e. The van der Waals surface area contributed by atoms with Crippen LogP contribution in [0.15, 0.2) is 24.3 Å². The molecule has 1 unspecified atom stereocenters. The third-order valence-corrected chi connectivity index (χ3v) is 2.70. The molecule has 0 aliphatic rings. The predicted octanol–water partition coefficient (Wildman–Crippen LogP) is 2.29. The monoisotopic (exact) mass is 220 g/mol. The van der Waals surface area contributed by atoms with Crippen LogP contribution in [0.2, 0.25) is 0 Å². The van der Waals surface area contributed by atoms with Crippen LogP contribution in [0.1, 0.15) is 37.8 Å². The largest absolute Gasteiger partial charge is 0.327 e. The topological polar surface area (TPSA) is 38.0 Å². The van der Waals surface area contributed by atoms with E-state index in [1.165, 1.54) is 11.1 Å². The molecular formula is C14H24N2. The van der Waals surface area contributed by atoms with Crippen LogP contribution in [0.3, 0.4) is 0 Å². The van der Waals surface area contributed by atoms with Crippen LogP contribution in [0, 0.1) is 0 Å². The minimum Gasteiger partial charge on any atom is -0.327 e. The van der Waals surface area contributed by atoms with Gasteiger partial charge in [0, 0.05) is 12.6 Å². The molecule has 16 heavy (non-hydrogen) atoms. The zero-order valence-electron chi connectivity index (χ0n) is 10.7. The summed E-state index contributed by atoms with van der Waals surface area (Å²) in [4.78, 5) is 0. The number of hydrogen-bond donors (Lipinski definition) is 2. The summed E-state index contributed by atoms with van der Waals surface area (Å²) < 4.78 is 0. The molecule has 1 atom stereocenters. The SMILES string of the molecule is CC(N)CNCCc1ccc(C(C)C)cc1.